The minimum Gasteiger partial charge on any atom is -0.494 e. The fourth-order valence-electron chi connectivity index (χ4n) is 3.74. The largest absolute Gasteiger partial charge is 0.494 e. The molecule has 1 heterocycles. The third kappa shape index (κ3) is 4.86. The summed E-state index contributed by atoms with van der Waals surface area (Å²) in [4.78, 5) is 0. The lowest BCUT2D eigenvalue weighted by Crippen LogP contribution is -2.16. The highest BCUT2D eigenvalue weighted by molar-refractivity contribution is 7.98. The molecule has 3 nitrogen and oxygen atoms in total. The van der Waals surface area contributed by atoms with Gasteiger partial charge in [0, 0.05) is 11.1 Å². The number of hydrogen-bond acceptors (Lipinski definition) is 4. The average molecular weight is 375 g/mol. The van der Waals surface area contributed by atoms with Gasteiger partial charge in [0.15, 0.2) is 0 Å². The average Bonchev–Trinajstić information content (AvgIpc) is 3.07. The Morgan fingerprint density at radius 3 is 2.62 bits per heavy atom. The highest BCUT2D eigenvalue weighted by atomic mass is 32.2. The van der Waals surface area contributed by atoms with Crippen LogP contribution in [0.25, 0.3) is 11.3 Å². The van der Waals surface area contributed by atoms with Crippen LogP contribution in [0.1, 0.15) is 56.0 Å². The standard InChI is InChI=1S/C22H30O3S/c1-16-20(22(23)18-7-4-3-5-8-18)15-21(25-16)17-9-11-19(12-10-17)24-13-6-14-26-2/h9-12,15,18,22-23H,3-8,13-14H2,1-2H3. The van der Waals surface area contributed by atoms with Crippen LogP contribution >= 0.6 is 11.8 Å². The van der Waals surface area contributed by atoms with Gasteiger partial charge in [-0.15, -0.1) is 0 Å². The van der Waals surface area contributed by atoms with Crippen molar-refractivity contribution in [3.63, 3.8) is 0 Å². The summed E-state index contributed by atoms with van der Waals surface area (Å²) in [7, 11) is 0. The predicted molar refractivity (Wildman–Crippen MR) is 109 cm³/mol. The maximum Gasteiger partial charge on any atom is 0.134 e. The molecule has 0 bridgehead atoms. The Morgan fingerprint density at radius 1 is 1.19 bits per heavy atom. The molecule has 1 atom stereocenters. The topological polar surface area (TPSA) is 42.6 Å². The number of hydrogen-bond donors (Lipinski definition) is 1. The number of ether oxygens (including phenoxy) is 1. The summed E-state index contributed by atoms with van der Waals surface area (Å²) in [6.07, 6.45) is 8.74. The smallest absolute Gasteiger partial charge is 0.134 e. The first kappa shape index (κ1) is 19.4. The van der Waals surface area contributed by atoms with Crippen molar-refractivity contribution < 1.29 is 14.3 Å². The number of thioether (sulfide) groups is 1. The number of rotatable bonds is 8. The van der Waals surface area contributed by atoms with Crippen LogP contribution in [0.15, 0.2) is 34.7 Å². The first-order chi connectivity index (χ1) is 12.7. The number of aryl methyl sites for hydroxylation is 1. The van der Waals surface area contributed by atoms with Crippen molar-refractivity contribution in [2.45, 2.75) is 51.6 Å². The number of furan rings is 1. The van der Waals surface area contributed by atoms with E-state index in [2.05, 4.69) is 6.26 Å². The van der Waals surface area contributed by atoms with Crippen molar-refractivity contribution in [1.82, 2.24) is 0 Å². The molecule has 1 aliphatic carbocycles. The normalized spacial score (nSPS) is 16.6. The van der Waals surface area contributed by atoms with E-state index in [9.17, 15) is 5.11 Å². The Hall–Kier alpha value is -1.39. The van der Waals surface area contributed by atoms with Crippen LogP contribution in [0.4, 0.5) is 0 Å². The highest BCUT2D eigenvalue weighted by Crippen LogP contribution is 2.38. The minimum absolute atomic E-state index is 0.366. The second-order valence-electron chi connectivity index (χ2n) is 7.18. The maximum absolute atomic E-state index is 10.8. The SMILES string of the molecule is CSCCCOc1ccc(-c2cc(C(O)C3CCCCC3)c(C)o2)cc1. The molecule has 0 spiro atoms. The lowest BCUT2D eigenvalue weighted by atomic mass is 9.83. The Balaban J connectivity index is 1.66. The van der Waals surface area contributed by atoms with E-state index in [1.165, 1.54) is 19.3 Å². The third-order valence-electron chi connectivity index (χ3n) is 5.27. The van der Waals surface area contributed by atoms with Crippen LogP contribution in [-0.4, -0.2) is 23.7 Å². The Kier molecular flexibility index (Phi) is 7.09. The Bertz CT molecular complexity index is 671. The molecule has 3 rings (SSSR count). The summed E-state index contributed by atoms with van der Waals surface area (Å²) in [5.74, 6) is 4.03. The monoisotopic (exact) mass is 374 g/mol. The van der Waals surface area contributed by atoms with E-state index in [0.29, 0.717) is 5.92 Å². The van der Waals surface area contributed by atoms with Crippen LogP contribution in [0.2, 0.25) is 0 Å². The van der Waals surface area contributed by atoms with Gasteiger partial charge in [0.25, 0.3) is 0 Å². The van der Waals surface area contributed by atoms with Crippen molar-refractivity contribution in [3.8, 4) is 17.1 Å². The molecule has 1 unspecified atom stereocenters. The van der Waals surface area contributed by atoms with E-state index in [-0.39, 0.29) is 0 Å². The molecule has 1 aromatic carbocycles. The molecule has 1 fully saturated rings. The fraction of sp³-hybridized carbons (Fsp3) is 0.545. The first-order valence-corrected chi connectivity index (χ1v) is 11.1. The van der Waals surface area contributed by atoms with Crippen molar-refractivity contribution in [1.29, 1.82) is 0 Å². The summed E-state index contributed by atoms with van der Waals surface area (Å²) in [6, 6.07) is 10.0. The number of aliphatic hydroxyl groups is 1. The minimum atomic E-state index is -0.410. The summed E-state index contributed by atoms with van der Waals surface area (Å²) in [6.45, 7) is 2.70. The molecule has 0 amide bonds. The maximum atomic E-state index is 10.8. The van der Waals surface area contributed by atoms with E-state index >= 15 is 0 Å². The molecular formula is C22H30O3S. The van der Waals surface area contributed by atoms with Crippen LogP contribution in [0, 0.1) is 12.8 Å². The van der Waals surface area contributed by atoms with Gasteiger partial charge in [-0.3, -0.25) is 0 Å². The van der Waals surface area contributed by atoms with Crippen LogP contribution in [0.3, 0.4) is 0 Å². The van der Waals surface area contributed by atoms with Crippen molar-refractivity contribution in [3.05, 3.63) is 41.7 Å². The van der Waals surface area contributed by atoms with E-state index in [0.717, 1.165) is 60.0 Å². The molecule has 1 N–H and O–H groups in total. The number of benzene rings is 1. The van der Waals surface area contributed by atoms with Crippen LogP contribution in [-0.2, 0) is 0 Å². The Morgan fingerprint density at radius 2 is 1.92 bits per heavy atom. The molecule has 0 aliphatic heterocycles. The van der Waals surface area contributed by atoms with E-state index < -0.39 is 6.10 Å². The molecule has 1 aliphatic rings. The molecule has 4 heteroatoms. The van der Waals surface area contributed by atoms with Crippen molar-refractivity contribution >= 4 is 11.8 Å². The zero-order valence-corrected chi connectivity index (χ0v) is 16.7. The van der Waals surface area contributed by atoms with Gasteiger partial charge in [-0.1, -0.05) is 19.3 Å². The van der Waals surface area contributed by atoms with Crippen LogP contribution < -0.4 is 4.74 Å². The van der Waals surface area contributed by atoms with Crippen LogP contribution in [0.5, 0.6) is 5.75 Å². The molecule has 142 valence electrons. The van der Waals surface area contributed by atoms with Gasteiger partial charge in [-0.2, -0.15) is 11.8 Å². The van der Waals surface area contributed by atoms with Gasteiger partial charge in [0.05, 0.1) is 12.7 Å². The van der Waals surface area contributed by atoms with Gasteiger partial charge >= 0.3 is 0 Å². The van der Waals surface area contributed by atoms with Gasteiger partial charge in [0.2, 0.25) is 0 Å². The van der Waals surface area contributed by atoms with Gasteiger partial charge in [-0.25, -0.2) is 0 Å². The predicted octanol–water partition coefficient (Wildman–Crippen LogP) is 6.00. The summed E-state index contributed by atoms with van der Waals surface area (Å²) in [5, 5.41) is 10.8. The summed E-state index contributed by atoms with van der Waals surface area (Å²) in [5.41, 5.74) is 1.97. The molecule has 1 saturated carbocycles. The zero-order chi connectivity index (χ0) is 18.4. The quantitative estimate of drug-likeness (QED) is 0.575. The van der Waals surface area contributed by atoms with Crippen molar-refractivity contribution in [2.75, 3.05) is 18.6 Å². The van der Waals surface area contributed by atoms with E-state index in [1.54, 1.807) is 0 Å². The van der Waals surface area contributed by atoms with Crippen molar-refractivity contribution in [2.24, 2.45) is 5.92 Å². The lowest BCUT2D eigenvalue weighted by molar-refractivity contribution is 0.0835. The van der Waals surface area contributed by atoms with Gasteiger partial charge < -0.3 is 14.3 Å². The zero-order valence-electron chi connectivity index (χ0n) is 15.9. The molecule has 0 saturated heterocycles. The third-order valence-corrected chi connectivity index (χ3v) is 5.97. The molecular weight excluding hydrogens is 344 g/mol. The molecule has 26 heavy (non-hydrogen) atoms. The van der Waals surface area contributed by atoms with Gasteiger partial charge in [-0.05, 0) is 74.4 Å². The lowest BCUT2D eigenvalue weighted by Gasteiger charge is -2.26. The van der Waals surface area contributed by atoms with E-state index in [1.807, 2.05) is 49.0 Å². The second-order valence-corrected chi connectivity index (χ2v) is 8.17. The fourth-order valence-corrected chi connectivity index (χ4v) is 4.15. The highest BCUT2D eigenvalue weighted by Gasteiger charge is 2.26. The molecule has 0 radical (unpaired) electrons. The Labute approximate surface area is 161 Å². The molecule has 2 aromatic rings. The first-order valence-electron chi connectivity index (χ1n) is 9.69. The summed E-state index contributed by atoms with van der Waals surface area (Å²) < 4.78 is 11.7. The number of aliphatic hydroxyl groups excluding tert-OH is 1. The van der Waals surface area contributed by atoms with E-state index in [4.69, 9.17) is 9.15 Å². The van der Waals surface area contributed by atoms with Gasteiger partial charge in [0.1, 0.15) is 17.3 Å². The second kappa shape index (κ2) is 9.52. The molecule has 1 aromatic heterocycles. The summed E-state index contributed by atoms with van der Waals surface area (Å²) >= 11 is 1.84.